The van der Waals surface area contributed by atoms with E-state index < -0.39 is 18.0 Å². The number of nitrogens with one attached hydrogen (secondary N) is 2. The van der Waals surface area contributed by atoms with Gasteiger partial charge in [0.05, 0.1) is 0 Å². The fourth-order valence-corrected chi connectivity index (χ4v) is 0.322. The highest BCUT2D eigenvalue weighted by atomic mass is 16.2. The molecule has 10 N–H and O–H groups in total. The van der Waals surface area contributed by atoms with Crippen molar-refractivity contribution in [2.75, 3.05) is 0 Å². The molecule has 0 heterocycles. The molecular formula is C3H10N8O. The van der Waals surface area contributed by atoms with Crippen LogP contribution in [0.4, 0.5) is 4.79 Å². The van der Waals surface area contributed by atoms with Gasteiger partial charge in [-0.2, -0.15) is 10.0 Å². The third-order valence-electron chi connectivity index (χ3n) is 0.931. The minimum absolute atomic E-state index is 0.251. The maximum atomic E-state index is 10.9. The quantitative estimate of drug-likeness (QED) is 0.0765. The molecule has 9 heteroatoms. The van der Waals surface area contributed by atoms with Crippen LogP contribution in [-0.2, 0) is 0 Å². The summed E-state index contributed by atoms with van der Waals surface area (Å²) in [5.74, 6) is 8.52. The average molecular weight is 174 g/mol. The summed E-state index contributed by atoms with van der Waals surface area (Å²) in [5, 5.41) is 14.0. The number of nitrogens with zero attached hydrogens (tertiary/aromatic N) is 2. The van der Waals surface area contributed by atoms with E-state index in [9.17, 15) is 4.79 Å². The van der Waals surface area contributed by atoms with Crippen LogP contribution in [0, 0.1) is 10.8 Å². The summed E-state index contributed by atoms with van der Waals surface area (Å²) in [4.78, 5) is 10.9. The lowest BCUT2D eigenvalue weighted by molar-refractivity contribution is 0.198. The Hall–Kier alpha value is -1.87. The van der Waals surface area contributed by atoms with Crippen LogP contribution >= 0.6 is 0 Å². The SMILES string of the molecule is N=C(N)N(N)C(=O)N(N)C(=N)N. The summed E-state index contributed by atoms with van der Waals surface area (Å²) in [7, 11) is 0. The van der Waals surface area contributed by atoms with Crippen molar-refractivity contribution in [2.45, 2.75) is 0 Å². The number of hydrazine groups is 2. The van der Waals surface area contributed by atoms with Crippen molar-refractivity contribution in [3.8, 4) is 0 Å². The van der Waals surface area contributed by atoms with Gasteiger partial charge in [0.15, 0.2) is 0 Å². The van der Waals surface area contributed by atoms with Crippen molar-refractivity contribution in [2.24, 2.45) is 23.2 Å². The van der Waals surface area contributed by atoms with Crippen molar-refractivity contribution in [1.82, 2.24) is 10.0 Å². The number of rotatable bonds is 0. The van der Waals surface area contributed by atoms with Gasteiger partial charge in [-0.1, -0.05) is 0 Å². The van der Waals surface area contributed by atoms with Crippen LogP contribution in [0.2, 0.25) is 0 Å². The molecule has 68 valence electrons. The highest BCUT2D eigenvalue weighted by Crippen LogP contribution is 1.85. The molecule has 0 saturated heterocycles. The van der Waals surface area contributed by atoms with E-state index in [0.29, 0.717) is 0 Å². The highest BCUT2D eigenvalue weighted by Gasteiger charge is 2.19. The molecule has 0 atom stereocenters. The van der Waals surface area contributed by atoms with Crippen LogP contribution in [0.15, 0.2) is 0 Å². The van der Waals surface area contributed by atoms with E-state index in [2.05, 4.69) is 0 Å². The summed E-state index contributed by atoms with van der Waals surface area (Å²) in [6.45, 7) is 0. The zero-order valence-electron chi connectivity index (χ0n) is 6.11. The van der Waals surface area contributed by atoms with Gasteiger partial charge in [0.2, 0.25) is 11.9 Å². The molecule has 12 heavy (non-hydrogen) atoms. The minimum Gasteiger partial charge on any atom is -0.368 e. The number of carbonyl (C=O) groups is 1. The Balaban J connectivity index is 4.39. The molecule has 0 aliphatic rings. The van der Waals surface area contributed by atoms with Crippen LogP contribution in [0.5, 0.6) is 0 Å². The predicted octanol–water partition coefficient (Wildman–Crippen LogP) is -2.76. The predicted molar refractivity (Wildman–Crippen MR) is 41.3 cm³/mol. The van der Waals surface area contributed by atoms with Crippen molar-refractivity contribution >= 4 is 18.0 Å². The number of nitrogens with two attached hydrogens (primary N) is 4. The Labute approximate surface area is 67.8 Å². The molecule has 0 aromatic carbocycles. The molecule has 9 nitrogen and oxygen atoms in total. The molecule has 2 amide bonds. The molecule has 0 spiro atoms. The van der Waals surface area contributed by atoms with Crippen LogP contribution in [-0.4, -0.2) is 28.0 Å². The second-order valence-electron chi connectivity index (χ2n) is 1.79. The highest BCUT2D eigenvalue weighted by molar-refractivity contribution is 6.00. The smallest absolute Gasteiger partial charge is 0.362 e. The van der Waals surface area contributed by atoms with Crippen molar-refractivity contribution in [3.05, 3.63) is 0 Å². The standard InChI is InChI=1S/C3H10N8O/c4-1(5)10(8)3(12)11(9)2(6)7/h8-9H2,(H3,4,5)(H3,6,7). The molecule has 0 saturated carbocycles. The van der Waals surface area contributed by atoms with E-state index >= 15 is 0 Å². The Morgan fingerprint density at radius 3 is 1.42 bits per heavy atom. The maximum Gasteiger partial charge on any atom is 0.362 e. The largest absolute Gasteiger partial charge is 0.368 e. The van der Waals surface area contributed by atoms with E-state index in [1.165, 1.54) is 0 Å². The van der Waals surface area contributed by atoms with E-state index in [1.807, 2.05) is 0 Å². The Kier molecular flexibility index (Phi) is 2.95. The van der Waals surface area contributed by atoms with Gasteiger partial charge >= 0.3 is 6.03 Å². The Morgan fingerprint density at radius 2 is 1.25 bits per heavy atom. The third kappa shape index (κ3) is 2.07. The third-order valence-corrected chi connectivity index (χ3v) is 0.931. The number of amides is 2. The monoisotopic (exact) mass is 174 g/mol. The van der Waals surface area contributed by atoms with E-state index in [0.717, 1.165) is 0 Å². The normalized spacial score (nSPS) is 8.83. The van der Waals surface area contributed by atoms with Crippen LogP contribution in [0.1, 0.15) is 0 Å². The second kappa shape index (κ2) is 3.50. The second-order valence-corrected chi connectivity index (χ2v) is 1.79. The van der Waals surface area contributed by atoms with Crippen molar-refractivity contribution in [3.63, 3.8) is 0 Å². The first-order valence-corrected chi connectivity index (χ1v) is 2.69. The molecule has 0 unspecified atom stereocenters. The van der Waals surface area contributed by atoms with Gasteiger partial charge in [-0.3, -0.25) is 10.8 Å². The minimum atomic E-state index is -1.06. The Bertz CT molecular complexity index is 200. The molecular weight excluding hydrogens is 164 g/mol. The maximum absolute atomic E-state index is 10.9. The first kappa shape index (κ1) is 10.1. The van der Waals surface area contributed by atoms with Crippen molar-refractivity contribution in [1.29, 1.82) is 10.8 Å². The zero-order chi connectivity index (χ0) is 9.89. The number of guanidine groups is 2. The molecule has 0 radical (unpaired) electrons. The lowest BCUT2D eigenvalue weighted by atomic mass is 10.7. The molecule has 0 aliphatic carbocycles. The first-order chi connectivity index (χ1) is 5.37. The number of carbonyl (C=O) groups excluding carboxylic acids is 1. The fourth-order valence-electron chi connectivity index (χ4n) is 0.322. The first-order valence-electron chi connectivity index (χ1n) is 2.69. The lowest BCUT2D eigenvalue weighted by Gasteiger charge is -2.20. The summed E-state index contributed by atoms with van der Waals surface area (Å²) >= 11 is 0. The summed E-state index contributed by atoms with van der Waals surface area (Å²) in [5.41, 5.74) is 9.69. The Morgan fingerprint density at radius 1 is 1.00 bits per heavy atom. The summed E-state index contributed by atoms with van der Waals surface area (Å²) < 4.78 is 0. The summed E-state index contributed by atoms with van der Waals surface area (Å²) in [6.07, 6.45) is 0. The van der Waals surface area contributed by atoms with Gasteiger partial charge in [0, 0.05) is 0 Å². The number of hydrogen-bond acceptors (Lipinski definition) is 5. The molecule has 0 fully saturated rings. The van der Waals surface area contributed by atoms with Gasteiger partial charge in [0.25, 0.3) is 0 Å². The van der Waals surface area contributed by atoms with Crippen LogP contribution < -0.4 is 23.2 Å². The molecule has 0 aromatic heterocycles. The average Bonchev–Trinajstić information content (AvgIpc) is 2.00. The van der Waals surface area contributed by atoms with E-state index in [1.54, 1.807) is 0 Å². The lowest BCUT2D eigenvalue weighted by Crippen LogP contribution is -2.58. The van der Waals surface area contributed by atoms with Crippen LogP contribution in [0.3, 0.4) is 0 Å². The number of urea groups is 1. The van der Waals surface area contributed by atoms with Gasteiger partial charge in [0.1, 0.15) is 0 Å². The van der Waals surface area contributed by atoms with Gasteiger partial charge in [-0.15, -0.1) is 0 Å². The number of hydrogen-bond donors (Lipinski definition) is 6. The summed E-state index contributed by atoms with van der Waals surface area (Å²) in [6, 6.07) is -1.06. The van der Waals surface area contributed by atoms with Gasteiger partial charge < -0.3 is 11.5 Å². The molecule has 0 aliphatic heterocycles. The molecule has 0 bridgehead atoms. The van der Waals surface area contributed by atoms with E-state index in [-0.39, 0.29) is 10.0 Å². The topological polar surface area (TPSA) is 175 Å². The molecule has 0 aromatic rings. The fraction of sp³-hybridized carbons (Fsp3) is 0. The zero-order valence-corrected chi connectivity index (χ0v) is 6.11. The molecule has 0 rings (SSSR count). The van der Waals surface area contributed by atoms with Crippen LogP contribution in [0.25, 0.3) is 0 Å². The van der Waals surface area contributed by atoms with E-state index in [4.69, 9.17) is 34.0 Å². The van der Waals surface area contributed by atoms with Gasteiger partial charge in [-0.25, -0.2) is 16.5 Å². The van der Waals surface area contributed by atoms with Crippen molar-refractivity contribution < 1.29 is 4.79 Å². The van der Waals surface area contributed by atoms with Gasteiger partial charge in [-0.05, 0) is 0 Å².